The van der Waals surface area contributed by atoms with Crippen molar-refractivity contribution < 1.29 is 9.32 Å². The molecule has 0 aliphatic rings. The smallest absolute Gasteiger partial charge is 0.273 e. The third-order valence-corrected chi connectivity index (χ3v) is 2.42. The first-order chi connectivity index (χ1) is 9.15. The monoisotopic (exact) mass is 264 g/mol. The summed E-state index contributed by atoms with van der Waals surface area (Å²) in [6.45, 7) is 5.09. The summed E-state index contributed by atoms with van der Waals surface area (Å²) < 4.78 is 6.64. The van der Waals surface area contributed by atoms with E-state index in [0.717, 1.165) is 12.2 Å². The first-order valence-electron chi connectivity index (χ1n) is 6.09. The highest BCUT2D eigenvalue weighted by atomic mass is 16.5. The predicted octanol–water partition coefficient (Wildman–Crippen LogP) is 0.290. The third-order valence-electron chi connectivity index (χ3n) is 2.42. The Morgan fingerprint density at radius 2 is 2.37 bits per heavy atom. The van der Waals surface area contributed by atoms with Crippen molar-refractivity contribution in [1.29, 1.82) is 0 Å². The quantitative estimate of drug-likeness (QED) is 0.805. The molecule has 0 bridgehead atoms. The molecule has 102 valence electrons. The van der Waals surface area contributed by atoms with E-state index in [1.165, 1.54) is 11.0 Å². The highest BCUT2D eigenvalue weighted by Gasteiger charge is 2.12. The van der Waals surface area contributed by atoms with E-state index in [2.05, 4.69) is 39.8 Å². The Morgan fingerprint density at radius 1 is 1.53 bits per heavy atom. The number of nitrogens with one attached hydrogen (secondary N) is 1. The maximum Gasteiger partial charge on any atom is 0.273 e. The van der Waals surface area contributed by atoms with Gasteiger partial charge in [0.1, 0.15) is 12.1 Å². The second kappa shape index (κ2) is 6.07. The Kier molecular flexibility index (Phi) is 4.22. The van der Waals surface area contributed by atoms with Gasteiger partial charge in [-0.3, -0.25) is 4.79 Å². The second-order valence-corrected chi connectivity index (χ2v) is 4.61. The predicted molar refractivity (Wildman–Crippen MR) is 65.2 cm³/mol. The third kappa shape index (κ3) is 3.87. The summed E-state index contributed by atoms with van der Waals surface area (Å²) in [6.07, 6.45) is 2.26. The summed E-state index contributed by atoms with van der Waals surface area (Å²) in [5, 5.41) is 17.2. The largest absolute Gasteiger partial charge is 0.361 e. The average Bonchev–Trinajstić information content (AvgIpc) is 2.99. The summed E-state index contributed by atoms with van der Waals surface area (Å²) in [5.74, 6) is 0.927. The van der Waals surface area contributed by atoms with Gasteiger partial charge in [-0.05, 0) is 16.3 Å². The minimum absolute atomic E-state index is 0.258. The number of aromatic nitrogens is 5. The molecule has 0 aromatic carbocycles. The van der Waals surface area contributed by atoms with E-state index in [-0.39, 0.29) is 5.91 Å². The maximum absolute atomic E-state index is 11.8. The maximum atomic E-state index is 11.8. The molecule has 8 heteroatoms. The number of tetrazole rings is 1. The first kappa shape index (κ1) is 13.2. The van der Waals surface area contributed by atoms with Gasteiger partial charge in [-0.15, -0.1) is 5.10 Å². The Balaban J connectivity index is 1.81. The Labute approximate surface area is 110 Å². The van der Waals surface area contributed by atoms with Crippen LogP contribution in [0, 0.1) is 5.92 Å². The lowest BCUT2D eigenvalue weighted by atomic mass is 10.1. The molecule has 0 aliphatic carbocycles. The van der Waals surface area contributed by atoms with Crippen molar-refractivity contribution in [2.45, 2.75) is 26.8 Å². The normalized spacial score (nSPS) is 10.9. The molecule has 0 unspecified atom stereocenters. The number of rotatable bonds is 6. The lowest BCUT2D eigenvalue weighted by Crippen LogP contribution is -2.27. The standard InChI is InChI=1S/C11H16N6O2/c1-8(2)5-9-6-10(14-19-9)11(18)12-3-4-17-7-13-15-16-17/h6-8H,3-5H2,1-2H3,(H,12,18). The number of hydrogen-bond donors (Lipinski definition) is 1. The second-order valence-electron chi connectivity index (χ2n) is 4.61. The van der Waals surface area contributed by atoms with Crippen LogP contribution in [-0.4, -0.2) is 37.8 Å². The van der Waals surface area contributed by atoms with Gasteiger partial charge in [-0.1, -0.05) is 19.0 Å². The molecule has 19 heavy (non-hydrogen) atoms. The van der Waals surface area contributed by atoms with Gasteiger partial charge in [-0.25, -0.2) is 4.68 Å². The summed E-state index contributed by atoms with van der Waals surface area (Å²) in [5.41, 5.74) is 0.298. The zero-order valence-corrected chi connectivity index (χ0v) is 10.9. The van der Waals surface area contributed by atoms with Crippen molar-refractivity contribution in [2.75, 3.05) is 6.54 Å². The highest BCUT2D eigenvalue weighted by molar-refractivity contribution is 5.92. The summed E-state index contributed by atoms with van der Waals surface area (Å²) >= 11 is 0. The van der Waals surface area contributed by atoms with Crippen LogP contribution in [0.4, 0.5) is 0 Å². The van der Waals surface area contributed by atoms with Gasteiger partial charge in [0.05, 0.1) is 6.54 Å². The molecule has 0 saturated heterocycles. The molecule has 0 atom stereocenters. The molecule has 2 aromatic rings. The fourth-order valence-corrected chi connectivity index (χ4v) is 1.58. The van der Waals surface area contributed by atoms with E-state index < -0.39 is 0 Å². The molecule has 1 N–H and O–H groups in total. The van der Waals surface area contributed by atoms with E-state index in [9.17, 15) is 4.79 Å². The fourth-order valence-electron chi connectivity index (χ4n) is 1.58. The van der Waals surface area contributed by atoms with Crippen LogP contribution in [-0.2, 0) is 13.0 Å². The zero-order chi connectivity index (χ0) is 13.7. The molecule has 0 fully saturated rings. The van der Waals surface area contributed by atoms with Crippen molar-refractivity contribution in [3.05, 3.63) is 23.8 Å². The van der Waals surface area contributed by atoms with Gasteiger partial charge in [0.15, 0.2) is 5.69 Å². The van der Waals surface area contributed by atoms with E-state index in [4.69, 9.17) is 4.52 Å². The molecule has 1 amide bonds. The van der Waals surface area contributed by atoms with E-state index in [1.807, 2.05) is 0 Å². The zero-order valence-electron chi connectivity index (χ0n) is 10.9. The van der Waals surface area contributed by atoms with Crippen LogP contribution in [0.5, 0.6) is 0 Å². The number of carbonyl (C=O) groups excluding carboxylic acids is 1. The molecule has 2 aromatic heterocycles. The van der Waals surface area contributed by atoms with Crippen LogP contribution in [0.1, 0.15) is 30.1 Å². The highest BCUT2D eigenvalue weighted by Crippen LogP contribution is 2.09. The minimum Gasteiger partial charge on any atom is -0.361 e. The van der Waals surface area contributed by atoms with E-state index in [1.54, 1.807) is 6.07 Å². The number of nitrogens with zero attached hydrogens (tertiary/aromatic N) is 5. The van der Waals surface area contributed by atoms with Crippen molar-refractivity contribution in [1.82, 2.24) is 30.7 Å². The minimum atomic E-state index is -0.258. The fraction of sp³-hybridized carbons (Fsp3) is 0.545. The van der Waals surface area contributed by atoms with Crippen LogP contribution >= 0.6 is 0 Å². The van der Waals surface area contributed by atoms with Crippen LogP contribution in [0.2, 0.25) is 0 Å². The molecular formula is C11H16N6O2. The van der Waals surface area contributed by atoms with Crippen molar-refractivity contribution in [3.63, 3.8) is 0 Å². The molecule has 0 aliphatic heterocycles. The van der Waals surface area contributed by atoms with Gasteiger partial charge in [0.25, 0.3) is 5.91 Å². The van der Waals surface area contributed by atoms with Crippen molar-refractivity contribution in [2.24, 2.45) is 5.92 Å². The lowest BCUT2D eigenvalue weighted by Gasteiger charge is -2.01. The summed E-state index contributed by atoms with van der Waals surface area (Å²) in [6, 6.07) is 1.67. The number of amides is 1. The van der Waals surface area contributed by atoms with E-state index in [0.29, 0.717) is 24.7 Å². The SMILES string of the molecule is CC(C)Cc1cc(C(=O)NCCn2cnnn2)no1. The van der Waals surface area contributed by atoms with Crippen LogP contribution in [0.15, 0.2) is 16.9 Å². The summed E-state index contributed by atoms with van der Waals surface area (Å²) in [7, 11) is 0. The van der Waals surface area contributed by atoms with Crippen molar-refractivity contribution in [3.8, 4) is 0 Å². The average molecular weight is 264 g/mol. The Morgan fingerprint density at radius 3 is 3.05 bits per heavy atom. The van der Waals surface area contributed by atoms with Crippen LogP contribution < -0.4 is 5.32 Å². The lowest BCUT2D eigenvalue weighted by molar-refractivity contribution is 0.0942. The van der Waals surface area contributed by atoms with Crippen LogP contribution in [0.25, 0.3) is 0 Å². The van der Waals surface area contributed by atoms with Crippen LogP contribution in [0.3, 0.4) is 0 Å². The summed E-state index contributed by atoms with van der Waals surface area (Å²) in [4.78, 5) is 11.8. The molecule has 0 radical (unpaired) electrons. The molecule has 2 heterocycles. The molecular weight excluding hydrogens is 248 g/mol. The number of hydrogen-bond acceptors (Lipinski definition) is 6. The Hall–Kier alpha value is -2.25. The molecule has 0 spiro atoms. The van der Waals surface area contributed by atoms with Gasteiger partial charge < -0.3 is 9.84 Å². The molecule has 8 nitrogen and oxygen atoms in total. The van der Waals surface area contributed by atoms with Gasteiger partial charge in [0, 0.05) is 19.0 Å². The Bertz CT molecular complexity index is 519. The van der Waals surface area contributed by atoms with Gasteiger partial charge in [0.2, 0.25) is 0 Å². The van der Waals surface area contributed by atoms with Gasteiger partial charge in [-0.2, -0.15) is 0 Å². The topological polar surface area (TPSA) is 98.7 Å². The molecule has 2 rings (SSSR count). The van der Waals surface area contributed by atoms with Gasteiger partial charge >= 0.3 is 0 Å². The van der Waals surface area contributed by atoms with E-state index >= 15 is 0 Å². The number of carbonyl (C=O) groups is 1. The van der Waals surface area contributed by atoms with Crippen molar-refractivity contribution >= 4 is 5.91 Å². The molecule has 0 saturated carbocycles. The first-order valence-corrected chi connectivity index (χ1v) is 6.09.